The van der Waals surface area contributed by atoms with Gasteiger partial charge in [0.25, 0.3) is 0 Å². The van der Waals surface area contributed by atoms with Crippen LogP contribution in [0.3, 0.4) is 0 Å². The van der Waals surface area contributed by atoms with Crippen molar-refractivity contribution in [3.8, 4) is 0 Å². The number of rotatable bonds is 2. The third kappa shape index (κ3) is 2.58. The molecule has 1 spiro atoms. The van der Waals surface area contributed by atoms with E-state index in [1.165, 1.54) is 0 Å². The van der Waals surface area contributed by atoms with Gasteiger partial charge in [0.15, 0.2) is 5.79 Å². The molecule has 1 aliphatic carbocycles. The number of aryl methyl sites for hydroxylation is 1. The van der Waals surface area contributed by atoms with Crippen molar-refractivity contribution in [2.75, 3.05) is 25.2 Å². The van der Waals surface area contributed by atoms with E-state index >= 15 is 0 Å². The Morgan fingerprint density at radius 1 is 1.26 bits per heavy atom. The van der Waals surface area contributed by atoms with Crippen molar-refractivity contribution in [2.24, 2.45) is 0 Å². The lowest BCUT2D eigenvalue weighted by molar-refractivity contribution is -0.178. The first-order chi connectivity index (χ1) is 9.19. The van der Waals surface area contributed by atoms with Gasteiger partial charge in [0.1, 0.15) is 11.6 Å². The number of aromatic nitrogens is 2. The van der Waals surface area contributed by atoms with Gasteiger partial charge in [-0.25, -0.2) is 9.97 Å². The van der Waals surface area contributed by atoms with E-state index in [1.807, 2.05) is 19.2 Å². The predicted octanol–water partition coefficient (Wildman–Crippen LogP) is 1.91. The van der Waals surface area contributed by atoms with Crippen LogP contribution >= 0.6 is 0 Å². The fraction of sp³-hybridized carbons (Fsp3) is 0.714. The highest BCUT2D eigenvalue weighted by molar-refractivity contribution is 5.37. The van der Waals surface area contributed by atoms with Gasteiger partial charge in [0, 0.05) is 32.1 Å². The molecule has 0 amide bonds. The Labute approximate surface area is 113 Å². The maximum atomic E-state index is 5.77. The lowest BCUT2D eigenvalue weighted by Gasteiger charge is -2.39. The minimum atomic E-state index is -0.279. The molecule has 0 radical (unpaired) electrons. The van der Waals surface area contributed by atoms with E-state index in [9.17, 15) is 0 Å². The van der Waals surface area contributed by atoms with Crippen molar-refractivity contribution in [3.63, 3.8) is 0 Å². The minimum absolute atomic E-state index is 0.279. The van der Waals surface area contributed by atoms with Gasteiger partial charge in [0.05, 0.1) is 13.2 Å². The molecule has 5 heteroatoms. The average molecular weight is 263 g/mol. The Hall–Kier alpha value is -1.20. The zero-order chi connectivity index (χ0) is 13.3. The standard InChI is InChI=1S/C14H21N3O2/c1-11-15-8-5-13(16-11)17(2)12-3-6-14(7-4-12)18-9-10-19-14/h5,8,12H,3-4,6-7,9-10H2,1-2H3. The number of nitrogens with zero attached hydrogens (tertiary/aromatic N) is 3. The summed E-state index contributed by atoms with van der Waals surface area (Å²) < 4.78 is 11.5. The second kappa shape index (κ2) is 5.06. The zero-order valence-electron chi connectivity index (χ0n) is 11.6. The minimum Gasteiger partial charge on any atom is -0.357 e. The van der Waals surface area contributed by atoms with Gasteiger partial charge in [-0.05, 0) is 25.8 Å². The van der Waals surface area contributed by atoms with Gasteiger partial charge in [-0.15, -0.1) is 0 Å². The summed E-state index contributed by atoms with van der Waals surface area (Å²) >= 11 is 0. The van der Waals surface area contributed by atoms with E-state index in [4.69, 9.17) is 9.47 Å². The summed E-state index contributed by atoms with van der Waals surface area (Å²) in [5, 5.41) is 0. The van der Waals surface area contributed by atoms with E-state index < -0.39 is 0 Å². The first kappa shape index (κ1) is 12.8. The summed E-state index contributed by atoms with van der Waals surface area (Å²) in [6, 6.07) is 2.48. The van der Waals surface area contributed by atoms with E-state index in [2.05, 4.69) is 21.9 Å². The maximum Gasteiger partial charge on any atom is 0.168 e. The van der Waals surface area contributed by atoms with Gasteiger partial charge in [-0.3, -0.25) is 0 Å². The Bertz CT molecular complexity index is 436. The van der Waals surface area contributed by atoms with Gasteiger partial charge in [-0.1, -0.05) is 0 Å². The van der Waals surface area contributed by atoms with Crippen molar-refractivity contribution in [1.29, 1.82) is 0 Å². The Balaban J connectivity index is 1.64. The van der Waals surface area contributed by atoms with Crippen LogP contribution in [0.1, 0.15) is 31.5 Å². The number of hydrogen-bond donors (Lipinski definition) is 0. The molecule has 1 aliphatic heterocycles. The lowest BCUT2D eigenvalue weighted by atomic mass is 9.89. The molecule has 0 atom stereocenters. The molecule has 0 N–H and O–H groups in total. The Morgan fingerprint density at radius 3 is 2.58 bits per heavy atom. The molecule has 3 rings (SSSR count). The third-order valence-electron chi connectivity index (χ3n) is 4.20. The molecule has 2 fully saturated rings. The number of anilines is 1. The fourth-order valence-electron chi connectivity index (χ4n) is 3.04. The summed E-state index contributed by atoms with van der Waals surface area (Å²) in [6.07, 6.45) is 5.94. The molecule has 1 aromatic heterocycles. The molecule has 0 unspecified atom stereocenters. The van der Waals surface area contributed by atoms with Gasteiger partial charge < -0.3 is 14.4 Å². The highest BCUT2D eigenvalue weighted by Gasteiger charge is 2.41. The van der Waals surface area contributed by atoms with Crippen LogP contribution in [0.25, 0.3) is 0 Å². The normalized spacial score (nSPS) is 22.8. The fourth-order valence-corrected chi connectivity index (χ4v) is 3.04. The van der Waals surface area contributed by atoms with E-state index in [1.54, 1.807) is 0 Å². The molecule has 19 heavy (non-hydrogen) atoms. The lowest BCUT2D eigenvalue weighted by Crippen LogP contribution is -2.43. The second-order valence-electron chi connectivity index (χ2n) is 5.41. The van der Waals surface area contributed by atoms with Crippen LogP contribution in [0.2, 0.25) is 0 Å². The van der Waals surface area contributed by atoms with Gasteiger partial charge >= 0.3 is 0 Å². The van der Waals surface area contributed by atoms with Crippen molar-refractivity contribution in [2.45, 2.75) is 44.4 Å². The van der Waals surface area contributed by atoms with Crippen LogP contribution in [-0.2, 0) is 9.47 Å². The van der Waals surface area contributed by atoms with E-state index in [-0.39, 0.29) is 5.79 Å². The molecule has 2 heterocycles. The summed E-state index contributed by atoms with van der Waals surface area (Å²) in [5.41, 5.74) is 0. The topological polar surface area (TPSA) is 47.5 Å². The quantitative estimate of drug-likeness (QED) is 0.815. The molecule has 5 nitrogen and oxygen atoms in total. The molecular formula is C14H21N3O2. The smallest absolute Gasteiger partial charge is 0.168 e. The number of ether oxygens (including phenoxy) is 2. The van der Waals surface area contributed by atoms with Crippen LogP contribution < -0.4 is 4.90 Å². The van der Waals surface area contributed by atoms with Crippen LogP contribution in [-0.4, -0.2) is 42.1 Å². The summed E-state index contributed by atoms with van der Waals surface area (Å²) in [7, 11) is 2.11. The monoisotopic (exact) mass is 263 g/mol. The van der Waals surface area contributed by atoms with Gasteiger partial charge in [0.2, 0.25) is 0 Å². The first-order valence-corrected chi connectivity index (χ1v) is 6.99. The summed E-state index contributed by atoms with van der Waals surface area (Å²) in [5.74, 6) is 1.54. The molecule has 0 aromatic carbocycles. The Kier molecular flexibility index (Phi) is 3.41. The predicted molar refractivity (Wildman–Crippen MR) is 72.1 cm³/mol. The SMILES string of the molecule is Cc1nccc(N(C)C2CCC3(CC2)OCCO3)n1. The highest BCUT2D eigenvalue weighted by atomic mass is 16.7. The zero-order valence-corrected chi connectivity index (χ0v) is 11.6. The number of hydrogen-bond acceptors (Lipinski definition) is 5. The first-order valence-electron chi connectivity index (χ1n) is 6.99. The van der Waals surface area contributed by atoms with Gasteiger partial charge in [-0.2, -0.15) is 0 Å². The maximum absolute atomic E-state index is 5.77. The van der Waals surface area contributed by atoms with Crippen molar-refractivity contribution in [1.82, 2.24) is 9.97 Å². The van der Waals surface area contributed by atoms with Crippen molar-refractivity contribution in [3.05, 3.63) is 18.1 Å². The molecule has 1 aromatic rings. The van der Waals surface area contributed by atoms with Crippen molar-refractivity contribution < 1.29 is 9.47 Å². The molecule has 2 aliphatic rings. The van der Waals surface area contributed by atoms with Crippen LogP contribution in [0.15, 0.2) is 12.3 Å². The summed E-state index contributed by atoms with van der Waals surface area (Å²) in [4.78, 5) is 10.9. The van der Waals surface area contributed by atoms with E-state index in [0.29, 0.717) is 6.04 Å². The van der Waals surface area contributed by atoms with E-state index in [0.717, 1.165) is 50.5 Å². The molecule has 1 saturated carbocycles. The third-order valence-corrected chi connectivity index (χ3v) is 4.20. The molecular weight excluding hydrogens is 242 g/mol. The molecule has 0 bridgehead atoms. The molecule has 104 valence electrons. The summed E-state index contributed by atoms with van der Waals surface area (Å²) in [6.45, 7) is 3.41. The second-order valence-corrected chi connectivity index (χ2v) is 5.41. The highest BCUT2D eigenvalue weighted by Crippen LogP contribution is 2.37. The molecule has 1 saturated heterocycles. The Morgan fingerprint density at radius 2 is 1.95 bits per heavy atom. The van der Waals surface area contributed by atoms with Crippen LogP contribution in [0.5, 0.6) is 0 Å². The van der Waals surface area contributed by atoms with Crippen LogP contribution in [0.4, 0.5) is 5.82 Å². The largest absolute Gasteiger partial charge is 0.357 e. The average Bonchev–Trinajstić information content (AvgIpc) is 2.87. The van der Waals surface area contributed by atoms with Crippen molar-refractivity contribution >= 4 is 5.82 Å². The van der Waals surface area contributed by atoms with Crippen LogP contribution in [0, 0.1) is 6.92 Å².